The number of hydrogen-bond acceptors (Lipinski definition) is 2. The Labute approximate surface area is 185 Å². The van der Waals surface area contributed by atoms with Crippen LogP contribution in [0.5, 0.6) is 0 Å². The fraction of sp³-hybridized carbons (Fsp3) is 0.280. The number of carbonyl (C=O) groups is 1. The van der Waals surface area contributed by atoms with Gasteiger partial charge in [0.05, 0.1) is 11.6 Å². The van der Waals surface area contributed by atoms with E-state index in [1.165, 1.54) is 16.7 Å². The highest BCUT2D eigenvalue weighted by Crippen LogP contribution is 2.38. The Morgan fingerprint density at radius 3 is 2.45 bits per heavy atom. The minimum atomic E-state index is -0.361. The number of benzene rings is 2. The SMILES string of the molecule is Cc1c(C(=O)N[C@H](c2cccc(F)c2)C2CCC2)c(C)n(-c2ccccc2)c(=O)c1Cl. The molecule has 1 aliphatic carbocycles. The predicted molar refractivity (Wildman–Crippen MR) is 120 cm³/mol. The van der Waals surface area contributed by atoms with Crippen molar-refractivity contribution in [3.8, 4) is 5.69 Å². The van der Waals surface area contributed by atoms with Crippen molar-refractivity contribution in [3.05, 3.63) is 98.2 Å². The van der Waals surface area contributed by atoms with E-state index in [0.717, 1.165) is 24.8 Å². The molecule has 3 aromatic rings. The first kappa shape index (κ1) is 21.3. The summed E-state index contributed by atoms with van der Waals surface area (Å²) in [7, 11) is 0. The lowest BCUT2D eigenvalue weighted by Gasteiger charge is -2.35. The van der Waals surface area contributed by atoms with E-state index < -0.39 is 0 Å². The lowest BCUT2D eigenvalue weighted by molar-refractivity contribution is 0.0898. The van der Waals surface area contributed by atoms with Crippen LogP contribution in [-0.4, -0.2) is 10.5 Å². The zero-order valence-corrected chi connectivity index (χ0v) is 18.2. The van der Waals surface area contributed by atoms with Crippen molar-refractivity contribution in [2.45, 2.75) is 39.2 Å². The number of halogens is 2. The number of carbonyl (C=O) groups excluding carboxylic acids is 1. The van der Waals surface area contributed by atoms with E-state index in [4.69, 9.17) is 11.6 Å². The molecule has 1 aliphatic rings. The molecule has 4 nitrogen and oxygen atoms in total. The number of pyridine rings is 1. The molecule has 1 saturated carbocycles. The van der Waals surface area contributed by atoms with Crippen molar-refractivity contribution in [2.24, 2.45) is 5.92 Å². The third-order valence-electron chi connectivity index (χ3n) is 6.15. The van der Waals surface area contributed by atoms with Crippen molar-refractivity contribution >= 4 is 17.5 Å². The molecule has 1 heterocycles. The maximum atomic E-state index is 13.9. The lowest BCUT2D eigenvalue weighted by atomic mass is 9.77. The van der Waals surface area contributed by atoms with Gasteiger partial charge in [0.2, 0.25) is 0 Å². The van der Waals surface area contributed by atoms with Gasteiger partial charge in [0.25, 0.3) is 11.5 Å². The first-order valence-corrected chi connectivity index (χ1v) is 10.8. The van der Waals surface area contributed by atoms with Crippen LogP contribution in [0.2, 0.25) is 5.02 Å². The molecule has 1 N–H and O–H groups in total. The van der Waals surface area contributed by atoms with Gasteiger partial charge in [-0.2, -0.15) is 0 Å². The summed E-state index contributed by atoms with van der Waals surface area (Å²) < 4.78 is 15.3. The number of nitrogens with one attached hydrogen (secondary N) is 1. The van der Waals surface area contributed by atoms with Gasteiger partial charge in [-0.05, 0) is 68.0 Å². The van der Waals surface area contributed by atoms with Crippen LogP contribution in [0.1, 0.15) is 52.5 Å². The quantitative estimate of drug-likeness (QED) is 0.570. The second-order valence-electron chi connectivity index (χ2n) is 8.07. The summed E-state index contributed by atoms with van der Waals surface area (Å²) in [6.45, 7) is 3.43. The van der Waals surface area contributed by atoms with E-state index in [0.29, 0.717) is 22.5 Å². The van der Waals surface area contributed by atoms with Gasteiger partial charge < -0.3 is 5.32 Å². The predicted octanol–water partition coefficient (Wildman–Crippen LogP) is 5.52. The molecular weight excluding hydrogens is 415 g/mol. The van der Waals surface area contributed by atoms with Gasteiger partial charge >= 0.3 is 0 Å². The Kier molecular flexibility index (Phi) is 5.96. The Hall–Kier alpha value is -2.92. The minimum absolute atomic E-state index is 0.0190. The Bertz CT molecular complexity index is 1190. The number of rotatable bonds is 5. The van der Waals surface area contributed by atoms with Crippen LogP contribution in [0.15, 0.2) is 59.4 Å². The van der Waals surface area contributed by atoms with Crippen molar-refractivity contribution in [3.63, 3.8) is 0 Å². The van der Waals surface area contributed by atoms with E-state index in [1.807, 2.05) is 24.3 Å². The third kappa shape index (κ3) is 4.02. The molecule has 4 rings (SSSR count). The molecule has 0 aliphatic heterocycles. The number of hydrogen-bond donors (Lipinski definition) is 1. The van der Waals surface area contributed by atoms with Crippen LogP contribution in [0.3, 0.4) is 0 Å². The van der Waals surface area contributed by atoms with Crippen LogP contribution in [-0.2, 0) is 0 Å². The molecular formula is C25H24ClFN2O2. The van der Waals surface area contributed by atoms with E-state index in [2.05, 4.69) is 5.32 Å². The van der Waals surface area contributed by atoms with E-state index in [-0.39, 0.29) is 34.3 Å². The van der Waals surface area contributed by atoms with Gasteiger partial charge in [-0.3, -0.25) is 14.2 Å². The van der Waals surface area contributed by atoms with Gasteiger partial charge in [0, 0.05) is 11.4 Å². The molecule has 160 valence electrons. The largest absolute Gasteiger partial charge is 0.345 e. The van der Waals surface area contributed by atoms with Crippen molar-refractivity contribution in [1.29, 1.82) is 0 Å². The molecule has 0 radical (unpaired) electrons. The lowest BCUT2D eigenvalue weighted by Crippen LogP contribution is -2.38. The molecule has 0 spiro atoms. The molecule has 6 heteroatoms. The second-order valence-corrected chi connectivity index (χ2v) is 8.45. The standard InChI is InChI=1S/C25H24ClFN2O2/c1-15-21(16(2)29(25(31)22(15)26)20-12-4-3-5-13-20)24(30)28-23(17-8-6-9-17)18-10-7-11-19(27)14-18/h3-5,7,10-14,17,23H,6,8-9H2,1-2H3,(H,28,30)/t23-/m0/s1. The van der Waals surface area contributed by atoms with Gasteiger partial charge in [0.15, 0.2) is 0 Å². The third-order valence-corrected chi connectivity index (χ3v) is 6.59. The average molecular weight is 439 g/mol. The number of para-hydroxylation sites is 1. The maximum Gasteiger partial charge on any atom is 0.274 e. The van der Waals surface area contributed by atoms with Crippen LogP contribution in [0.25, 0.3) is 5.69 Å². The summed E-state index contributed by atoms with van der Waals surface area (Å²) in [6.07, 6.45) is 3.04. The summed E-state index contributed by atoms with van der Waals surface area (Å²) in [5.74, 6) is -0.395. The molecule has 1 fully saturated rings. The normalized spacial score (nSPS) is 14.7. The fourth-order valence-corrected chi connectivity index (χ4v) is 4.47. The first-order chi connectivity index (χ1) is 14.9. The summed E-state index contributed by atoms with van der Waals surface area (Å²) in [6, 6.07) is 15.2. The minimum Gasteiger partial charge on any atom is -0.345 e. The van der Waals surface area contributed by atoms with Crippen LogP contribution >= 0.6 is 11.6 Å². The monoisotopic (exact) mass is 438 g/mol. The molecule has 1 amide bonds. The van der Waals surface area contributed by atoms with Crippen LogP contribution in [0.4, 0.5) is 4.39 Å². The number of amides is 1. The zero-order chi connectivity index (χ0) is 22.1. The highest BCUT2D eigenvalue weighted by Gasteiger charge is 2.31. The highest BCUT2D eigenvalue weighted by molar-refractivity contribution is 6.31. The second kappa shape index (κ2) is 8.67. The summed E-state index contributed by atoms with van der Waals surface area (Å²) >= 11 is 6.37. The maximum absolute atomic E-state index is 13.9. The summed E-state index contributed by atoms with van der Waals surface area (Å²) in [5, 5.41) is 3.13. The van der Waals surface area contributed by atoms with Gasteiger partial charge in [-0.1, -0.05) is 48.4 Å². The van der Waals surface area contributed by atoms with E-state index in [9.17, 15) is 14.0 Å². The molecule has 0 saturated heterocycles. The molecule has 0 unspecified atom stereocenters. The summed E-state index contributed by atoms with van der Waals surface area (Å²) in [4.78, 5) is 26.4. The molecule has 31 heavy (non-hydrogen) atoms. The van der Waals surface area contributed by atoms with Gasteiger partial charge in [-0.15, -0.1) is 0 Å². The van der Waals surface area contributed by atoms with Crippen molar-refractivity contribution in [2.75, 3.05) is 0 Å². The average Bonchev–Trinajstić information content (AvgIpc) is 2.71. The summed E-state index contributed by atoms with van der Waals surface area (Å²) in [5.41, 5.74) is 2.36. The first-order valence-electron chi connectivity index (χ1n) is 10.4. The van der Waals surface area contributed by atoms with Crippen molar-refractivity contribution < 1.29 is 9.18 Å². The fourth-order valence-electron chi connectivity index (χ4n) is 4.29. The highest BCUT2D eigenvalue weighted by atomic mass is 35.5. The molecule has 2 aromatic carbocycles. The number of aromatic nitrogens is 1. The molecule has 0 bridgehead atoms. The smallest absolute Gasteiger partial charge is 0.274 e. The Morgan fingerprint density at radius 2 is 1.84 bits per heavy atom. The molecule has 1 atom stereocenters. The Morgan fingerprint density at radius 1 is 1.13 bits per heavy atom. The number of nitrogens with zero attached hydrogens (tertiary/aromatic N) is 1. The van der Waals surface area contributed by atoms with E-state index >= 15 is 0 Å². The van der Waals surface area contributed by atoms with E-state index in [1.54, 1.807) is 32.0 Å². The van der Waals surface area contributed by atoms with Gasteiger partial charge in [-0.25, -0.2) is 4.39 Å². The van der Waals surface area contributed by atoms with Crippen LogP contribution < -0.4 is 10.9 Å². The Balaban J connectivity index is 1.77. The zero-order valence-electron chi connectivity index (χ0n) is 17.5. The van der Waals surface area contributed by atoms with Gasteiger partial charge in [0.1, 0.15) is 10.8 Å². The van der Waals surface area contributed by atoms with Crippen molar-refractivity contribution in [1.82, 2.24) is 9.88 Å². The topological polar surface area (TPSA) is 51.1 Å². The molecule has 1 aromatic heterocycles. The van der Waals surface area contributed by atoms with Crippen LogP contribution in [0, 0.1) is 25.6 Å².